The first-order valence-corrected chi connectivity index (χ1v) is 9.49. The van der Waals surface area contributed by atoms with Gasteiger partial charge in [0.25, 0.3) is 0 Å². The van der Waals surface area contributed by atoms with E-state index in [-0.39, 0.29) is 29.9 Å². The molecule has 0 atom stereocenters. The number of ether oxygens (including phenoxy) is 1. The van der Waals surface area contributed by atoms with Crippen LogP contribution in [-0.2, 0) is 4.79 Å². The number of guanidine groups is 1. The van der Waals surface area contributed by atoms with Crippen LogP contribution in [0.25, 0.3) is 0 Å². The maximum Gasteiger partial charge on any atom is 0.227 e. The number of carbonyl (C=O) groups is 1. The summed E-state index contributed by atoms with van der Waals surface area (Å²) < 4.78 is 5.73. The van der Waals surface area contributed by atoms with Gasteiger partial charge in [-0.15, -0.1) is 24.0 Å². The Balaban J connectivity index is 0.00000420. The number of rotatable bonds is 9. The number of para-hydroxylation sites is 1. The van der Waals surface area contributed by atoms with Gasteiger partial charge in [0, 0.05) is 25.7 Å². The Morgan fingerprint density at radius 1 is 1.17 bits per heavy atom. The van der Waals surface area contributed by atoms with Crippen molar-refractivity contribution >= 4 is 41.7 Å². The van der Waals surface area contributed by atoms with E-state index in [1.807, 2.05) is 68.3 Å². The number of pyridine rings is 1. The van der Waals surface area contributed by atoms with E-state index < -0.39 is 0 Å². The summed E-state index contributed by atoms with van der Waals surface area (Å²) in [5, 5.41) is 6.04. The van der Waals surface area contributed by atoms with E-state index in [4.69, 9.17) is 4.74 Å². The highest BCUT2D eigenvalue weighted by Crippen LogP contribution is 2.08. The number of hydrogen-bond donors (Lipinski definition) is 2. The second-order valence-electron chi connectivity index (χ2n) is 6.28. The van der Waals surface area contributed by atoms with Gasteiger partial charge in [-0.25, -0.2) is 4.98 Å². The van der Waals surface area contributed by atoms with Crippen molar-refractivity contribution in [3.63, 3.8) is 0 Å². The van der Waals surface area contributed by atoms with Crippen LogP contribution in [0.1, 0.15) is 19.0 Å². The van der Waals surface area contributed by atoms with E-state index in [0.717, 1.165) is 23.9 Å². The molecule has 0 spiro atoms. The first-order valence-electron chi connectivity index (χ1n) is 9.49. The van der Waals surface area contributed by atoms with Gasteiger partial charge >= 0.3 is 0 Å². The van der Waals surface area contributed by atoms with Gasteiger partial charge in [0.2, 0.25) is 5.91 Å². The van der Waals surface area contributed by atoms with E-state index >= 15 is 0 Å². The monoisotopic (exact) mass is 511 g/mol. The SMILES string of the molecule is CCNC(=NCCC(=O)Nc1cccc(C)n1)N(C)CCOc1ccccc1.I. The number of halogens is 1. The summed E-state index contributed by atoms with van der Waals surface area (Å²) in [6.07, 6.45) is 0.291. The molecule has 2 N–H and O–H groups in total. The lowest BCUT2D eigenvalue weighted by Crippen LogP contribution is -2.41. The van der Waals surface area contributed by atoms with Gasteiger partial charge in [-0.1, -0.05) is 24.3 Å². The summed E-state index contributed by atoms with van der Waals surface area (Å²) in [5.74, 6) is 2.06. The molecule has 0 unspecified atom stereocenters. The van der Waals surface area contributed by atoms with Crippen molar-refractivity contribution < 1.29 is 9.53 Å². The summed E-state index contributed by atoms with van der Waals surface area (Å²) in [4.78, 5) is 22.9. The number of nitrogens with zero attached hydrogens (tertiary/aromatic N) is 3. The molecule has 1 aromatic heterocycles. The summed E-state index contributed by atoms with van der Waals surface area (Å²) >= 11 is 0. The number of amides is 1. The number of aryl methyl sites for hydroxylation is 1. The van der Waals surface area contributed by atoms with Crippen LogP contribution in [0.3, 0.4) is 0 Å². The predicted molar refractivity (Wildman–Crippen MR) is 128 cm³/mol. The van der Waals surface area contributed by atoms with Crippen molar-refractivity contribution in [2.24, 2.45) is 4.99 Å². The molecular weight excluding hydrogens is 481 g/mol. The van der Waals surface area contributed by atoms with Crippen LogP contribution in [0.5, 0.6) is 5.75 Å². The molecule has 8 heteroatoms. The lowest BCUT2D eigenvalue weighted by Gasteiger charge is -2.22. The average Bonchev–Trinajstić information content (AvgIpc) is 2.68. The molecule has 158 valence electrons. The predicted octanol–water partition coefficient (Wildman–Crippen LogP) is 3.31. The quantitative estimate of drug-likeness (QED) is 0.307. The minimum atomic E-state index is -0.104. The van der Waals surface area contributed by atoms with Crippen LogP contribution in [-0.4, -0.2) is 55.0 Å². The second-order valence-corrected chi connectivity index (χ2v) is 6.28. The van der Waals surface area contributed by atoms with E-state index in [9.17, 15) is 4.79 Å². The molecule has 0 saturated heterocycles. The molecule has 0 bridgehead atoms. The molecule has 0 saturated carbocycles. The molecule has 0 fully saturated rings. The van der Waals surface area contributed by atoms with Crippen LogP contribution in [0, 0.1) is 6.92 Å². The summed E-state index contributed by atoms with van der Waals surface area (Å²) in [6, 6.07) is 15.2. The lowest BCUT2D eigenvalue weighted by atomic mass is 10.3. The lowest BCUT2D eigenvalue weighted by molar-refractivity contribution is -0.116. The minimum absolute atomic E-state index is 0. The Hall–Kier alpha value is -2.36. The van der Waals surface area contributed by atoms with E-state index in [0.29, 0.717) is 31.9 Å². The molecule has 2 aromatic rings. The van der Waals surface area contributed by atoms with Gasteiger partial charge < -0.3 is 20.3 Å². The summed E-state index contributed by atoms with van der Waals surface area (Å²) in [5.41, 5.74) is 0.865. The summed E-state index contributed by atoms with van der Waals surface area (Å²) in [6.45, 7) is 6.27. The van der Waals surface area contributed by atoms with Crippen molar-refractivity contribution in [1.29, 1.82) is 0 Å². The van der Waals surface area contributed by atoms with Gasteiger partial charge in [-0.3, -0.25) is 9.79 Å². The van der Waals surface area contributed by atoms with Crippen molar-refractivity contribution in [2.45, 2.75) is 20.3 Å². The molecule has 0 aliphatic heterocycles. The Bertz CT molecular complexity index is 771. The Morgan fingerprint density at radius 2 is 1.93 bits per heavy atom. The molecule has 0 aliphatic carbocycles. The Kier molecular flexibility index (Phi) is 11.7. The Morgan fingerprint density at radius 3 is 2.62 bits per heavy atom. The molecule has 1 aromatic carbocycles. The van der Waals surface area contributed by atoms with Gasteiger partial charge in [0.05, 0.1) is 13.1 Å². The number of carbonyl (C=O) groups excluding carboxylic acids is 1. The van der Waals surface area contributed by atoms with Crippen LogP contribution < -0.4 is 15.4 Å². The van der Waals surface area contributed by atoms with Crippen LogP contribution in [0.4, 0.5) is 5.82 Å². The van der Waals surface area contributed by atoms with Crippen molar-refractivity contribution in [2.75, 3.05) is 38.6 Å². The zero-order chi connectivity index (χ0) is 20.2. The third kappa shape index (κ3) is 9.60. The number of aliphatic imine (C=N–C) groups is 1. The van der Waals surface area contributed by atoms with Crippen molar-refractivity contribution in [3.05, 3.63) is 54.2 Å². The van der Waals surface area contributed by atoms with Crippen molar-refractivity contribution in [1.82, 2.24) is 15.2 Å². The Labute approximate surface area is 190 Å². The van der Waals surface area contributed by atoms with E-state index in [1.54, 1.807) is 6.07 Å². The molecule has 0 aliphatic rings. The molecule has 1 amide bonds. The van der Waals surface area contributed by atoms with Crippen molar-refractivity contribution in [3.8, 4) is 5.75 Å². The van der Waals surface area contributed by atoms with Crippen LogP contribution in [0.15, 0.2) is 53.5 Å². The maximum atomic E-state index is 12.1. The minimum Gasteiger partial charge on any atom is -0.492 e. The molecule has 7 nitrogen and oxygen atoms in total. The smallest absolute Gasteiger partial charge is 0.227 e. The number of hydrogen-bond acceptors (Lipinski definition) is 4. The largest absolute Gasteiger partial charge is 0.492 e. The number of anilines is 1. The van der Waals surface area contributed by atoms with Gasteiger partial charge in [0.15, 0.2) is 5.96 Å². The molecular formula is C21H30IN5O2. The number of likely N-dealkylation sites (N-methyl/N-ethyl adjacent to an activating group) is 1. The van der Waals surface area contributed by atoms with Crippen LogP contribution in [0.2, 0.25) is 0 Å². The van der Waals surface area contributed by atoms with Gasteiger partial charge in [-0.05, 0) is 38.1 Å². The standard InChI is InChI=1S/C21H29N5O2.HI/c1-4-22-21(26(3)15-16-28-18-10-6-5-7-11-18)23-14-13-20(27)25-19-12-8-9-17(2)24-19;/h5-12H,4,13-16H2,1-3H3,(H,22,23)(H,24,25,27);1H. The first-order chi connectivity index (χ1) is 13.6. The van der Waals surface area contributed by atoms with Crippen LogP contribution >= 0.6 is 24.0 Å². The molecule has 2 rings (SSSR count). The highest BCUT2D eigenvalue weighted by atomic mass is 127. The second kappa shape index (κ2) is 13.8. The fourth-order valence-corrected chi connectivity index (χ4v) is 2.47. The highest BCUT2D eigenvalue weighted by molar-refractivity contribution is 14.0. The number of benzene rings is 1. The fourth-order valence-electron chi connectivity index (χ4n) is 2.47. The first kappa shape index (κ1) is 24.7. The number of nitrogens with one attached hydrogen (secondary N) is 2. The third-order valence-electron chi connectivity index (χ3n) is 3.89. The molecule has 29 heavy (non-hydrogen) atoms. The normalized spacial score (nSPS) is 10.7. The van der Waals surface area contributed by atoms with Gasteiger partial charge in [0.1, 0.15) is 18.2 Å². The zero-order valence-electron chi connectivity index (χ0n) is 17.2. The topological polar surface area (TPSA) is 78.8 Å². The average molecular weight is 511 g/mol. The van der Waals surface area contributed by atoms with E-state index in [1.165, 1.54) is 0 Å². The zero-order valence-corrected chi connectivity index (χ0v) is 19.6. The fraction of sp³-hybridized carbons (Fsp3) is 0.381. The number of aromatic nitrogens is 1. The molecule has 1 heterocycles. The van der Waals surface area contributed by atoms with E-state index in [2.05, 4.69) is 20.6 Å². The summed E-state index contributed by atoms with van der Waals surface area (Å²) in [7, 11) is 1.95. The highest BCUT2D eigenvalue weighted by Gasteiger charge is 2.07. The molecule has 0 radical (unpaired) electrons. The van der Waals surface area contributed by atoms with Gasteiger partial charge in [-0.2, -0.15) is 0 Å². The maximum absolute atomic E-state index is 12.1. The third-order valence-corrected chi connectivity index (χ3v) is 3.89.